The first-order valence-electron chi connectivity index (χ1n) is 7.24. The summed E-state index contributed by atoms with van der Waals surface area (Å²) in [7, 11) is -1.95. The van der Waals surface area contributed by atoms with Crippen LogP contribution in [0.5, 0.6) is 0 Å². The third kappa shape index (κ3) is 4.19. The van der Waals surface area contributed by atoms with Gasteiger partial charge in [-0.1, -0.05) is 29.3 Å². The van der Waals surface area contributed by atoms with Crippen LogP contribution in [-0.4, -0.2) is 23.2 Å². The standard InChI is InChI=1S/C16H14Cl2N4O2S/c1-22-10-12(9-20-22)15-5-2-11(7-19-15)8-21-25(23,24)16-6-13(17)3-4-14(16)18/h2-7,9-10,21H,8H2,1H3. The molecule has 0 spiro atoms. The van der Waals surface area contributed by atoms with E-state index in [9.17, 15) is 8.42 Å². The summed E-state index contributed by atoms with van der Waals surface area (Å²) in [4.78, 5) is 4.28. The van der Waals surface area contributed by atoms with E-state index in [-0.39, 0.29) is 16.5 Å². The number of aromatic nitrogens is 3. The topological polar surface area (TPSA) is 76.9 Å². The van der Waals surface area contributed by atoms with Crippen LogP contribution in [0.3, 0.4) is 0 Å². The van der Waals surface area contributed by atoms with E-state index in [0.717, 1.165) is 16.8 Å². The first kappa shape index (κ1) is 17.9. The van der Waals surface area contributed by atoms with Gasteiger partial charge in [0, 0.05) is 36.6 Å². The van der Waals surface area contributed by atoms with Gasteiger partial charge < -0.3 is 0 Å². The molecule has 0 unspecified atom stereocenters. The fraction of sp³-hybridized carbons (Fsp3) is 0.125. The van der Waals surface area contributed by atoms with E-state index in [1.54, 1.807) is 23.1 Å². The lowest BCUT2D eigenvalue weighted by atomic mass is 10.2. The second-order valence-corrected chi connectivity index (χ2v) is 7.93. The number of hydrogen-bond donors (Lipinski definition) is 1. The maximum atomic E-state index is 12.4. The van der Waals surface area contributed by atoms with Gasteiger partial charge in [0.15, 0.2) is 0 Å². The number of nitrogens with one attached hydrogen (secondary N) is 1. The van der Waals surface area contributed by atoms with Gasteiger partial charge >= 0.3 is 0 Å². The van der Waals surface area contributed by atoms with Crippen molar-refractivity contribution in [1.29, 1.82) is 0 Å². The number of hydrogen-bond acceptors (Lipinski definition) is 4. The third-order valence-electron chi connectivity index (χ3n) is 3.47. The first-order valence-corrected chi connectivity index (χ1v) is 9.48. The molecule has 0 aliphatic heterocycles. The Balaban J connectivity index is 1.73. The molecule has 9 heteroatoms. The molecule has 2 aromatic heterocycles. The first-order chi connectivity index (χ1) is 11.8. The molecule has 0 atom stereocenters. The summed E-state index contributed by atoms with van der Waals surface area (Å²) in [6.45, 7) is 0.0888. The van der Waals surface area contributed by atoms with Crippen molar-refractivity contribution in [2.75, 3.05) is 0 Å². The van der Waals surface area contributed by atoms with E-state index in [4.69, 9.17) is 23.2 Å². The number of benzene rings is 1. The van der Waals surface area contributed by atoms with E-state index in [1.165, 1.54) is 18.2 Å². The second-order valence-electron chi connectivity index (χ2n) is 5.35. The van der Waals surface area contributed by atoms with Crippen molar-refractivity contribution in [3.05, 3.63) is 64.5 Å². The van der Waals surface area contributed by atoms with Gasteiger partial charge in [0.05, 0.1) is 16.9 Å². The number of rotatable bonds is 5. The molecule has 6 nitrogen and oxygen atoms in total. The van der Waals surface area contributed by atoms with Crippen molar-refractivity contribution in [3.8, 4) is 11.3 Å². The maximum Gasteiger partial charge on any atom is 0.242 e. The molecule has 0 aliphatic rings. The van der Waals surface area contributed by atoms with E-state index >= 15 is 0 Å². The molecule has 1 aromatic carbocycles. The molecule has 0 aliphatic carbocycles. The Morgan fingerprint density at radius 1 is 1.16 bits per heavy atom. The fourth-order valence-electron chi connectivity index (χ4n) is 2.19. The van der Waals surface area contributed by atoms with Crippen molar-refractivity contribution >= 4 is 33.2 Å². The molecule has 3 aromatic rings. The van der Waals surface area contributed by atoms with E-state index in [1.807, 2.05) is 19.3 Å². The molecule has 3 rings (SSSR count). The Morgan fingerprint density at radius 3 is 2.60 bits per heavy atom. The predicted molar refractivity (Wildman–Crippen MR) is 96.9 cm³/mol. The Hall–Kier alpha value is -1.93. The van der Waals surface area contributed by atoms with Gasteiger partial charge in [-0.05, 0) is 29.8 Å². The van der Waals surface area contributed by atoms with Crippen LogP contribution >= 0.6 is 23.2 Å². The monoisotopic (exact) mass is 396 g/mol. The molecule has 0 fully saturated rings. The van der Waals surface area contributed by atoms with Crippen LogP contribution in [0.4, 0.5) is 0 Å². The number of halogens is 2. The van der Waals surface area contributed by atoms with Crippen LogP contribution in [0, 0.1) is 0 Å². The smallest absolute Gasteiger partial charge is 0.242 e. The van der Waals surface area contributed by atoms with Crippen molar-refractivity contribution in [2.45, 2.75) is 11.4 Å². The molecule has 0 radical (unpaired) electrons. The Bertz CT molecular complexity index is 1000. The average molecular weight is 397 g/mol. The molecule has 130 valence electrons. The maximum absolute atomic E-state index is 12.4. The Kier molecular flexibility index (Phi) is 5.10. The normalized spacial score (nSPS) is 11.6. The number of nitrogens with zero attached hydrogens (tertiary/aromatic N) is 3. The molecule has 2 heterocycles. The van der Waals surface area contributed by atoms with Gasteiger partial charge in [-0.3, -0.25) is 9.67 Å². The van der Waals surface area contributed by atoms with Crippen LogP contribution in [0.15, 0.2) is 53.8 Å². The highest BCUT2D eigenvalue weighted by atomic mass is 35.5. The van der Waals surface area contributed by atoms with Crippen molar-refractivity contribution in [2.24, 2.45) is 7.05 Å². The summed E-state index contributed by atoms with van der Waals surface area (Å²) in [5.74, 6) is 0. The quantitative estimate of drug-likeness (QED) is 0.717. The van der Waals surface area contributed by atoms with Gasteiger partial charge in [-0.2, -0.15) is 5.10 Å². The van der Waals surface area contributed by atoms with Gasteiger partial charge in [0.2, 0.25) is 10.0 Å². The van der Waals surface area contributed by atoms with Gasteiger partial charge in [0.25, 0.3) is 0 Å². The third-order valence-corrected chi connectivity index (χ3v) is 5.59. The van der Waals surface area contributed by atoms with Crippen LogP contribution in [0.2, 0.25) is 10.0 Å². The zero-order valence-electron chi connectivity index (χ0n) is 13.1. The van der Waals surface area contributed by atoms with Crippen LogP contribution in [0.1, 0.15) is 5.56 Å². The zero-order valence-corrected chi connectivity index (χ0v) is 15.5. The van der Waals surface area contributed by atoms with E-state index in [0.29, 0.717) is 5.02 Å². The SMILES string of the molecule is Cn1cc(-c2ccc(CNS(=O)(=O)c3cc(Cl)ccc3Cl)cn2)cn1. The lowest BCUT2D eigenvalue weighted by Crippen LogP contribution is -2.23. The number of pyridine rings is 1. The predicted octanol–water partition coefficient (Wildman–Crippen LogP) is 3.27. The Labute approximate surface area is 155 Å². The highest BCUT2D eigenvalue weighted by Gasteiger charge is 2.18. The number of aryl methyl sites for hydroxylation is 1. The second kappa shape index (κ2) is 7.13. The molecule has 0 saturated heterocycles. The van der Waals surface area contributed by atoms with Crippen molar-refractivity contribution in [1.82, 2.24) is 19.5 Å². The van der Waals surface area contributed by atoms with Crippen molar-refractivity contribution in [3.63, 3.8) is 0 Å². The summed E-state index contributed by atoms with van der Waals surface area (Å²) in [6, 6.07) is 7.91. The molecule has 0 saturated carbocycles. The van der Waals surface area contributed by atoms with Gasteiger partial charge in [-0.25, -0.2) is 13.1 Å². The largest absolute Gasteiger partial charge is 0.275 e. The van der Waals surface area contributed by atoms with Crippen LogP contribution in [-0.2, 0) is 23.6 Å². The fourth-order valence-corrected chi connectivity index (χ4v) is 3.97. The van der Waals surface area contributed by atoms with E-state index < -0.39 is 10.0 Å². The van der Waals surface area contributed by atoms with Crippen LogP contribution in [0.25, 0.3) is 11.3 Å². The van der Waals surface area contributed by atoms with Crippen LogP contribution < -0.4 is 4.72 Å². The molecular formula is C16H14Cl2N4O2S. The summed E-state index contributed by atoms with van der Waals surface area (Å²) in [5.41, 5.74) is 2.37. The van der Waals surface area contributed by atoms with Gasteiger partial charge in [0.1, 0.15) is 4.90 Å². The highest BCUT2D eigenvalue weighted by molar-refractivity contribution is 7.89. The molecule has 0 bridgehead atoms. The van der Waals surface area contributed by atoms with Gasteiger partial charge in [-0.15, -0.1) is 0 Å². The minimum atomic E-state index is -3.78. The molecule has 25 heavy (non-hydrogen) atoms. The summed E-state index contributed by atoms with van der Waals surface area (Å²) < 4.78 is 29.0. The summed E-state index contributed by atoms with van der Waals surface area (Å²) >= 11 is 11.8. The molecule has 1 N–H and O–H groups in total. The van der Waals surface area contributed by atoms with Crippen molar-refractivity contribution < 1.29 is 8.42 Å². The van der Waals surface area contributed by atoms with E-state index in [2.05, 4.69) is 14.8 Å². The zero-order chi connectivity index (χ0) is 18.0. The minimum Gasteiger partial charge on any atom is -0.275 e. The summed E-state index contributed by atoms with van der Waals surface area (Å²) in [6.07, 6.45) is 5.18. The highest BCUT2D eigenvalue weighted by Crippen LogP contribution is 2.25. The lowest BCUT2D eigenvalue weighted by Gasteiger charge is -2.09. The molecule has 0 amide bonds. The average Bonchev–Trinajstić information content (AvgIpc) is 3.02. The Morgan fingerprint density at radius 2 is 1.96 bits per heavy atom. The lowest BCUT2D eigenvalue weighted by molar-refractivity contribution is 0.581. The molecular weight excluding hydrogens is 383 g/mol. The summed E-state index contributed by atoms with van der Waals surface area (Å²) in [5, 5.41) is 4.51. The minimum absolute atomic E-state index is 0.0541. The number of sulfonamides is 1.